The van der Waals surface area contributed by atoms with Crippen LogP contribution in [-0.4, -0.2) is 23.9 Å². The molecule has 1 aliphatic carbocycles. The van der Waals surface area contributed by atoms with Crippen molar-refractivity contribution in [3.63, 3.8) is 0 Å². The van der Waals surface area contributed by atoms with Crippen LogP contribution in [0.2, 0.25) is 0 Å². The Morgan fingerprint density at radius 2 is 1.69 bits per heavy atom. The van der Waals surface area contributed by atoms with Gasteiger partial charge >= 0.3 is 0 Å². The topological polar surface area (TPSA) is 3.24 Å². The third kappa shape index (κ3) is 1.73. The Hall–Kier alpha value is -0.960. The molecule has 0 amide bonds. The molecular formula is C13H15F2N. The minimum absolute atomic E-state index is 0.0434. The first-order valence-electron chi connectivity index (χ1n) is 5.71. The first kappa shape index (κ1) is 10.2. The lowest BCUT2D eigenvalue weighted by molar-refractivity contribution is -0.214. The maximum absolute atomic E-state index is 12.8. The Labute approximate surface area is 94.1 Å². The van der Waals surface area contributed by atoms with Crippen molar-refractivity contribution in [1.29, 1.82) is 0 Å². The van der Waals surface area contributed by atoms with Crippen LogP contribution >= 0.6 is 0 Å². The minimum Gasteiger partial charge on any atom is -0.298 e. The van der Waals surface area contributed by atoms with Crippen molar-refractivity contribution < 1.29 is 8.78 Å². The van der Waals surface area contributed by atoms with Crippen LogP contribution in [0, 0.1) is 5.41 Å². The third-order valence-corrected chi connectivity index (χ3v) is 3.63. The van der Waals surface area contributed by atoms with Crippen LogP contribution in [0.25, 0.3) is 0 Å². The van der Waals surface area contributed by atoms with Gasteiger partial charge in [-0.05, 0) is 5.56 Å². The van der Waals surface area contributed by atoms with E-state index in [1.165, 1.54) is 5.56 Å². The first-order chi connectivity index (χ1) is 7.57. The van der Waals surface area contributed by atoms with Gasteiger partial charge in [-0.3, -0.25) is 4.90 Å². The van der Waals surface area contributed by atoms with Gasteiger partial charge in [0, 0.05) is 37.9 Å². The average molecular weight is 223 g/mol. The van der Waals surface area contributed by atoms with Gasteiger partial charge in [-0.1, -0.05) is 30.3 Å². The SMILES string of the molecule is FC1(F)CC2(CN(Cc3ccccc3)C2)C1. The van der Waals surface area contributed by atoms with Gasteiger partial charge < -0.3 is 0 Å². The molecule has 0 atom stereocenters. The van der Waals surface area contributed by atoms with E-state index in [4.69, 9.17) is 0 Å². The van der Waals surface area contributed by atoms with Gasteiger partial charge in [0.15, 0.2) is 0 Å². The van der Waals surface area contributed by atoms with Crippen LogP contribution in [0.15, 0.2) is 30.3 Å². The standard InChI is InChI=1S/C13H15F2N/c14-13(15)7-12(8-13)9-16(10-12)6-11-4-2-1-3-5-11/h1-5H,6-10H2. The zero-order valence-corrected chi connectivity index (χ0v) is 9.13. The Kier molecular flexibility index (Phi) is 2.08. The lowest BCUT2D eigenvalue weighted by Gasteiger charge is -2.58. The molecule has 3 heteroatoms. The highest BCUT2D eigenvalue weighted by atomic mass is 19.3. The van der Waals surface area contributed by atoms with Crippen molar-refractivity contribution in [3.05, 3.63) is 35.9 Å². The molecule has 1 spiro atoms. The summed E-state index contributed by atoms with van der Waals surface area (Å²) in [6.45, 7) is 2.59. The van der Waals surface area contributed by atoms with E-state index in [1.54, 1.807) is 0 Å². The summed E-state index contributed by atoms with van der Waals surface area (Å²) < 4.78 is 25.6. The molecule has 2 fully saturated rings. The summed E-state index contributed by atoms with van der Waals surface area (Å²) in [6.07, 6.45) is 0.205. The van der Waals surface area contributed by atoms with E-state index < -0.39 is 5.92 Å². The predicted octanol–water partition coefficient (Wildman–Crippen LogP) is 2.92. The number of hydrogen-bond donors (Lipinski definition) is 0. The zero-order chi connectivity index (χ0) is 11.2. The quantitative estimate of drug-likeness (QED) is 0.745. The Morgan fingerprint density at radius 3 is 2.25 bits per heavy atom. The maximum atomic E-state index is 12.8. The van der Waals surface area contributed by atoms with Crippen molar-refractivity contribution >= 4 is 0 Å². The largest absolute Gasteiger partial charge is 0.298 e. The fourth-order valence-electron chi connectivity index (χ4n) is 3.12. The number of halogens is 2. The number of alkyl halides is 2. The second-order valence-electron chi connectivity index (χ2n) is 5.34. The molecule has 0 radical (unpaired) electrons. The summed E-state index contributed by atoms with van der Waals surface area (Å²) in [5, 5.41) is 0. The van der Waals surface area contributed by atoms with Gasteiger partial charge in [0.2, 0.25) is 5.92 Å². The maximum Gasteiger partial charge on any atom is 0.249 e. The molecule has 2 aliphatic rings. The highest BCUT2D eigenvalue weighted by molar-refractivity contribution is 5.16. The van der Waals surface area contributed by atoms with Crippen molar-refractivity contribution in [3.8, 4) is 0 Å². The number of likely N-dealkylation sites (tertiary alicyclic amines) is 1. The fraction of sp³-hybridized carbons (Fsp3) is 0.538. The summed E-state index contributed by atoms with van der Waals surface area (Å²) in [5.74, 6) is -2.38. The van der Waals surface area contributed by atoms with Crippen molar-refractivity contribution in [2.75, 3.05) is 13.1 Å². The number of nitrogens with zero attached hydrogens (tertiary/aromatic N) is 1. The van der Waals surface area contributed by atoms with Crippen LogP contribution < -0.4 is 0 Å². The van der Waals surface area contributed by atoms with Gasteiger partial charge in [0.1, 0.15) is 0 Å². The minimum atomic E-state index is -2.38. The van der Waals surface area contributed by atoms with Crippen molar-refractivity contribution in [1.82, 2.24) is 4.90 Å². The van der Waals surface area contributed by atoms with E-state index in [2.05, 4.69) is 17.0 Å². The molecule has 1 heterocycles. The molecule has 16 heavy (non-hydrogen) atoms. The van der Waals surface area contributed by atoms with Crippen molar-refractivity contribution in [2.45, 2.75) is 25.3 Å². The molecule has 0 aromatic heterocycles. The highest BCUT2D eigenvalue weighted by Gasteiger charge is 2.61. The van der Waals surface area contributed by atoms with E-state index in [0.717, 1.165) is 19.6 Å². The molecule has 1 saturated heterocycles. The van der Waals surface area contributed by atoms with E-state index in [1.807, 2.05) is 18.2 Å². The molecule has 1 aromatic carbocycles. The highest BCUT2D eigenvalue weighted by Crippen LogP contribution is 2.56. The molecule has 1 saturated carbocycles. The lowest BCUT2D eigenvalue weighted by atomic mass is 9.61. The fourth-order valence-corrected chi connectivity index (χ4v) is 3.12. The number of rotatable bonds is 2. The molecule has 0 unspecified atom stereocenters. The first-order valence-corrected chi connectivity index (χ1v) is 5.71. The molecule has 1 aliphatic heterocycles. The number of hydrogen-bond acceptors (Lipinski definition) is 1. The molecule has 0 bridgehead atoms. The monoisotopic (exact) mass is 223 g/mol. The summed E-state index contributed by atoms with van der Waals surface area (Å²) in [6, 6.07) is 10.2. The summed E-state index contributed by atoms with van der Waals surface area (Å²) in [4.78, 5) is 2.25. The molecule has 0 N–H and O–H groups in total. The lowest BCUT2D eigenvalue weighted by Crippen LogP contribution is -2.65. The van der Waals surface area contributed by atoms with Gasteiger partial charge in [0.25, 0.3) is 0 Å². The Balaban J connectivity index is 1.52. The second kappa shape index (κ2) is 3.27. The molecule has 3 rings (SSSR count). The van der Waals surface area contributed by atoms with E-state index >= 15 is 0 Å². The summed E-state index contributed by atoms with van der Waals surface area (Å²) >= 11 is 0. The van der Waals surface area contributed by atoms with Crippen LogP contribution in [0.5, 0.6) is 0 Å². The van der Waals surface area contributed by atoms with Gasteiger partial charge in [-0.2, -0.15) is 0 Å². The zero-order valence-electron chi connectivity index (χ0n) is 9.13. The average Bonchev–Trinajstić information content (AvgIpc) is 2.14. The van der Waals surface area contributed by atoms with Gasteiger partial charge in [-0.15, -0.1) is 0 Å². The van der Waals surface area contributed by atoms with E-state index in [9.17, 15) is 8.78 Å². The molecule has 1 aromatic rings. The van der Waals surface area contributed by atoms with Crippen LogP contribution in [0.4, 0.5) is 8.78 Å². The Bertz CT molecular complexity index is 372. The van der Waals surface area contributed by atoms with E-state index in [0.29, 0.717) is 0 Å². The van der Waals surface area contributed by atoms with Gasteiger partial charge in [-0.25, -0.2) is 8.78 Å². The van der Waals surface area contributed by atoms with Crippen LogP contribution in [0.1, 0.15) is 18.4 Å². The third-order valence-electron chi connectivity index (χ3n) is 3.63. The predicted molar refractivity (Wildman–Crippen MR) is 58.3 cm³/mol. The molecule has 86 valence electrons. The molecular weight excluding hydrogens is 208 g/mol. The normalized spacial score (nSPS) is 26.1. The smallest absolute Gasteiger partial charge is 0.249 e. The van der Waals surface area contributed by atoms with E-state index in [-0.39, 0.29) is 18.3 Å². The number of benzene rings is 1. The van der Waals surface area contributed by atoms with Crippen LogP contribution in [-0.2, 0) is 6.54 Å². The second-order valence-corrected chi connectivity index (χ2v) is 5.34. The van der Waals surface area contributed by atoms with Gasteiger partial charge in [0.05, 0.1) is 0 Å². The summed E-state index contributed by atoms with van der Waals surface area (Å²) in [5.41, 5.74) is 1.22. The van der Waals surface area contributed by atoms with Crippen LogP contribution in [0.3, 0.4) is 0 Å². The Morgan fingerprint density at radius 1 is 1.06 bits per heavy atom. The van der Waals surface area contributed by atoms with Crippen molar-refractivity contribution in [2.24, 2.45) is 5.41 Å². The summed E-state index contributed by atoms with van der Waals surface area (Å²) in [7, 11) is 0. The molecule has 1 nitrogen and oxygen atoms in total.